The van der Waals surface area contributed by atoms with Crippen LogP contribution in [0.4, 0.5) is 5.82 Å². The highest BCUT2D eigenvalue weighted by atomic mass is 16.4. The zero-order chi connectivity index (χ0) is 15.1. The first-order chi connectivity index (χ1) is 9.97. The van der Waals surface area contributed by atoms with E-state index < -0.39 is 12.0 Å². The minimum Gasteiger partial charge on any atom is -0.480 e. The summed E-state index contributed by atoms with van der Waals surface area (Å²) in [4.78, 5) is 11.3. The number of carboxylic acid groups (broad SMARTS) is 1. The Kier molecular flexibility index (Phi) is 3.27. The Labute approximate surface area is 122 Å². The molecule has 2 aromatic rings. The number of aromatic nitrogens is 4. The van der Waals surface area contributed by atoms with Crippen LogP contribution >= 0.6 is 0 Å². The summed E-state index contributed by atoms with van der Waals surface area (Å²) in [6.45, 7) is 5.90. The van der Waals surface area contributed by atoms with Crippen LogP contribution in [0.3, 0.4) is 0 Å². The SMILES string of the molecule is CC1CC1c1nnc2ccc(N[C@H](C(=O)O)C(C)C)nn12. The average molecular weight is 289 g/mol. The van der Waals surface area contributed by atoms with Crippen LogP contribution in [0.25, 0.3) is 5.65 Å². The van der Waals surface area contributed by atoms with Crippen LogP contribution in [0.2, 0.25) is 0 Å². The zero-order valence-corrected chi connectivity index (χ0v) is 12.3. The van der Waals surface area contributed by atoms with E-state index in [-0.39, 0.29) is 5.92 Å². The highest BCUT2D eigenvalue weighted by Gasteiger charge is 2.38. The Morgan fingerprint density at radius 1 is 1.43 bits per heavy atom. The van der Waals surface area contributed by atoms with Gasteiger partial charge < -0.3 is 10.4 Å². The summed E-state index contributed by atoms with van der Waals surface area (Å²) in [5.41, 5.74) is 0.686. The largest absolute Gasteiger partial charge is 0.480 e. The Morgan fingerprint density at radius 3 is 2.71 bits per heavy atom. The number of carbonyl (C=O) groups is 1. The van der Waals surface area contributed by atoms with E-state index in [4.69, 9.17) is 0 Å². The molecule has 0 bridgehead atoms. The summed E-state index contributed by atoms with van der Waals surface area (Å²) in [5.74, 6) is 1.48. The Morgan fingerprint density at radius 2 is 2.14 bits per heavy atom. The van der Waals surface area contributed by atoms with Crippen LogP contribution in [-0.4, -0.2) is 36.9 Å². The van der Waals surface area contributed by atoms with Crippen LogP contribution in [-0.2, 0) is 4.79 Å². The van der Waals surface area contributed by atoms with Crippen molar-refractivity contribution in [2.45, 2.75) is 39.2 Å². The number of carboxylic acids is 1. The first kappa shape index (κ1) is 13.8. The molecule has 0 radical (unpaired) electrons. The van der Waals surface area contributed by atoms with Gasteiger partial charge in [0.15, 0.2) is 11.5 Å². The lowest BCUT2D eigenvalue weighted by Crippen LogP contribution is -2.34. The maximum absolute atomic E-state index is 11.3. The van der Waals surface area contributed by atoms with Crippen molar-refractivity contribution in [3.05, 3.63) is 18.0 Å². The minimum absolute atomic E-state index is 0.0381. The Hall–Kier alpha value is -2.18. The van der Waals surface area contributed by atoms with Crippen molar-refractivity contribution in [2.24, 2.45) is 11.8 Å². The molecule has 3 rings (SSSR count). The summed E-state index contributed by atoms with van der Waals surface area (Å²) in [6.07, 6.45) is 1.10. The highest BCUT2D eigenvalue weighted by molar-refractivity contribution is 5.77. The number of aliphatic carboxylic acids is 1. The molecular formula is C14H19N5O2. The molecule has 7 heteroatoms. The molecule has 1 aliphatic rings. The molecule has 3 atom stereocenters. The van der Waals surface area contributed by atoms with Crippen molar-refractivity contribution >= 4 is 17.4 Å². The van der Waals surface area contributed by atoms with Crippen molar-refractivity contribution in [3.8, 4) is 0 Å². The fourth-order valence-electron chi connectivity index (χ4n) is 2.47. The molecule has 0 amide bonds. The van der Waals surface area contributed by atoms with E-state index in [1.807, 2.05) is 13.8 Å². The molecule has 112 valence electrons. The van der Waals surface area contributed by atoms with E-state index in [9.17, 15) is 9.90 Å². The molecule has 2 unspecified atom stereocenters. The number of rotatable bonds is 5. The molecule has 1 saturated carbocycles. The maximum atomic E-state index is 11.3. The van der Waals surface area contributed by atoms with Crippen molar-refractivity contribution in [1.82, 2.24) is 19.8 Å². The molecule has 0 saturated heterocycles. The van der Waals surface area contributed by atoms with E-state index in [2.05, 4.69) is 27.5 Å². The second kappa shape index (κ2) is 4.98. The van der Waals surface area contributed by atoms with Gasteiger partial charge in [-0.3, -0.25) is 0 Å². The van der Waals surface area contributed by atoms with Gasteiger partial charge in [-0.2, -0.15) is 4.52 Å². The number of nitrogens with zero attached hydrogens (tertiary/aromatic N) is 4. The lowest BCUT2D eigenvalue weighted by Gasteiger charge is -2.18. The van der Waals surface area contributed by atoms with Crippen LogP contribution in [0, 0.1) is 11.8 Å². The molecule has 2 heterocycles. The van der Waals surface area contributed by atoms with Gasteiger partial charge in [-0.15, -0.1) is 15.3 Å². The smallest absolute Gasteiger partial charge is 0.326 e. The zero-order valence-electron chi connectivity index (χ0n) is 12.3. The number of nitrogens with one attached hydrogen (secondary N) is 1. The van der Waals surface area contributed by atoms with Gasteiger partial charge >= 0.3 is 5.97 Å². The van der Waals surface area contributed by atoms with Crippen molar-refractivity contribution in [2.75, 3.05) is 5.32 Å². The molecule has 0 spiro atoms. The van der Waals surface area contributed by atoms with Crippen LogP contribution < -0.4 is 5.32 Å². The number of hydrogen-bond acceptors (Lipinski definition) is 5. The van der Waals surface area contributed by atoms with Gasteiger partial charge in [0, 0.05) is 5.92 Å². The van der Waals surface area contributed by atoms with E-state index in [0.29, 0.717) is 23.3 Å². The summed E-state index contributed by atoms with van der Waals surface area (Å²) < 4.78 is 1.72. The summed E-state index contributed by atoms with van der Waals surface area (Å²) >= 11 is 0. The topological polar surface area (TPSA) is 92.4 Å². The van der Waals surface area contributed by atoms with Crippen LogP contribution in [0.15, 0.2) is 12.1 Å². The summed E-state index contributed by atoms with van der Waals surface area (Å²) in [7, 11) is 0. The van der Waals surface area contributed by atoms with E-state index in [0.717, 1.165) is 12.2 Å². The van der Waals surface area contributed by atoms with E-state index >= 15 is 0 Å². The predicted octanol–water partition coefficient (Wildman–Crippen LogP) is 1.77. The van der Waals surface area contributed by atoms with Crippen LogP contribution in [0.5, 0.6) is 0 Å². The first-order valence-electron chi connectivity index (χ1n) is 7.19. The minimum atomic E-state index is -0.883. The summed E-state index contributed by atoms with van der Waals surface area (Å²) in [6, 6.07) is 2.87. The van der Waals surface area contributed by atoms with Crippen LogP contribution in [0.1, 0.15) is 38.9 Å². The van der Waals surface area contributed by atoms with Gasteiger partial charge in [-0.1, -0.05) is 20.8 Å². The Bertz CT molecular complexity index is 681. The van der Waals surface area contributed by atoms with Gasteiger partial charge in [-0.05, 0) is 30.4 Å². The molecular weight excluding hydrogens is 270 g/mol. The van der Waals surface area contributed by atoms with E-state index in [1.54, 1.807) is 16.6 Å². The second-order valence-electron chi connectivity index (χ2n) is 6.07. The van der Waals surface area contributed by atoms with Gasteiger partial charge in [0.1, 0.15) is 11.9 Å². The van der Waals surface area contributed by atoms with Crippen molar-refractivity contribution in [3.63, 3.8) is 0 Å². The van der Waals surface area contributed by atoms with Gasteiger partial charge in [0.2, 0.25) is 0 Å². The number of fused-ring (bicyclic) bond motifs is 1. The third-order valence-electron chi connectivity index (χ3n) is 3.96. The molecule has 0 aliphatic heterocycles. The Balaban J connectivity index is 1.91. The quantitative estimate of drug-likeness (QED) is 0.871. The maximum Gasteiger partial charge on any atom is 0.326 e. The molecule has 2 N–H and O–H groups in total. The summed E-state index contributed by atoms with van der Waals surface area (Å²) in [5, 5.41) is 25.0. The molecule has 7 nitrogen and oxygen atoms in total. The second-order valence-corrected chi connectivity index (χ2v) is 6.07. The normalized spacial score (nSPS) is 22.5. The molecule has 0 aromatic carbocycles. The van der Waals surface area contributed by atoms with E-state index in [1.165, 1.54) is 0 Å². The third-order valence-corrected chi connectivity index (χ3v) is 3.96. The predicted molar refractivity (Wildman–Crippen MR) is 77.2 cm³/mol. The monoisotopic (exact) mass is 289 g/mol. The molecule has 21 heavy (non-hydrogen) atoms. The van der Waals surface area contributed by atoms with Crippen molar-refractivity contribution in [1.29, 1.82) is 0 Å². The number of hydrogen-bond donors (Lipinski definition) is 2. The standard InChI is InChI=1S/C14H19N5O2/c1-7(2)12(14(20)21)15-10-4-5-11-16-17-13(19(11)18-10)9-6-8(9)3/h4-5,7-9,12H,6H2,1-3H3,(H,15,18)(H,20,21)/t8?,9?,12-/m0/s1. The first-order valence-corrected chi connectivity index (χ1v) is 7.19. The lowest BCUT2D eigenvalue weighted by molar-refractivity contribution is -0.138. The fourth-order valence-corrected chi connectivity index (χ4v) is 2.47. The fraction of sp³-hybridized carbons (Fsp3) is 0.571. The molecule has 1 aliphatic carbocycles. The average Bonchev–Trinajstić information content (AvgIpc) is 3.00. The lowest BCUT2D eigenvalue weighted by atomic mass is 10.1. The number of anilines is 1. The van der Waals surface area contributed by atoms with Gasteiger partial charge in [0.05, 0.1) is 0 Å². The molecule has 2 aromatic heterocycles. The molecule has 1 fully saturated rings. The van der Waals surface area contributed by atoms with Gasteiger partial charge in [0.25, 0.3) is 0 Å². The van der Waals surface area contributed by atoms with Gasteiger partial charge in [-0.25, -0.2) is 4.79 Å². The van der Waals surface area contributed by atoms with Crippen molar-refractivity contribution < 1.29 is 9.90 Å². The highest BCUT2D eigenvalue weighted by Crippen LogP contribution is 2.45. The third kappa shape index (κ3) is 2.55.